The molecular weight excluding hydrogens is 294 g/mol. The number of thiazole rings is 1. The number of aryl methyl sites for hydroxylation is 1. The monoisotopic (exact) mass is 307 g/mol. The molecule has 0 aromatic carbocycles. The molecule has 104 valence electrons. The summed E-state index contributed by atoms with van der Waals surface area (Å²) in [6.07, 6.45) is 3.42. The first-order valence-electron chi connectivity index (χ1n) is 5.94. The smallest absolute Gasteiger partial charge is 0.284 e. The van der Waals surface area contributed by atoms with Crippen molar-refractivity contribution < 1.29 is 9.63 Å². The molecule has 5 nitrogen and oxygen atoms in total. The average Bonchev–Trinajstić information content (AvgIpc) is 3.11. The van der Waals surface area contributed by atoms with Gasteiger partial charge < -0.3 is 0 Å². The first-order valence-corrected chi connectivity index (χ1v) is 7.64. The number of nitrogens with zero attached hydrogens (tertiary/aromatic N) is 3. The van der Waals surface area contributed by atoms with Crippen LogP contribution in [-0.2, 0) is 4.84 Å². The van der Waals surface area contributed by atoms with Crippen molar-refractivity contribution in [1.82, 2.24) is 14.4 Å². The summed E-state index contributed by atoms with van der Waals surface area (Å²) < 4.78 is 1.81. The van der Waals surface area contributed by atoms with Gasteiger partial charge in [-0.2, -0.15) is 0 Å². The summed E-state index contributed by atoms with van der Waals surface area (Å²) in [5.41, 5.74) is 1.65. The first-order chi connectivity index (χ1) is 9.61. The highest BCUT2D eigenvalue weighted by molar-refractivity contribution is 7.21. The highest BCUT2D eigenvalue weighted by Gasteiger charge is 2.24. The van der Waals surface area contributed by atoms with E-state index in [-0.39, 0.29) is 5.91 Å². The van der Waals surface area contributed by atoms with Crippen LogP contribution in [0.2, 0.25) is 0 Å². The third-order valence-corrected chi connectivity index (χ3v) is 5.03. The van der Waals surface area contributed by atoms with Gasteiger partial charge in [0.1, 0.15) is 16.9 Å². The van der Waals surface area contributed by atoms with Crippen molar-refractivity contribution in [3.63, 3.8) is 0 Å². The number of hydrogen-bond donors (Lipinski definition) is 0. The maximum Gasteiger partial charge on any atom is 0.295 e. The molecule has 0 unspecified atom stereocenters. The molecule has 0 spiro atoms. The molecule has 1 amide bonds. The van der Waals surface area contributed by atoms with E-state index < -0.39 is 0 Å². The minimum Gasteiger partial charge on any atom is -0.284 e. The van der Waals surface area contributed by atoms with Crippen LogP contribution in [0.4, 0.5) is 0 Å². The lowest BCUT2D eigenvalue weighted by molar-refractivity contribution is -0.0760. The molecule has 0 fully saturated rings. The predicted octanol–water partition coefficient (Wildman–Crippen LogP) is 3.07. The molecule has 0 radical (unpaired) electrons. The van der Waals surface area contributed by atoms with Crippen LogP contribution < -0.4 is 0 Å². The third-order valence-electron chi connectivity index (χ3n) is 3.02. The maximum atomic E-state index is 12.5. The third kappa shape index (κ3) is 2.04. The van der Waals surface area contributed by atoms with Gasteiger partial charge in [-0.3, -0.25) is 14.0 Å². The first kappa shape index (κ1) is 13.3. The molecule has 3 aromatic rings. The highest BCUT2D eigenvalue weighted by atomic mass is 32.1. The number of carbonyl (C=O) groups is 1. The van der Waals surface area contributed by atoms with Crippen molar-refractivity contribution in [2.24, 2.45) is 0 Å². The lowest BCUT2D eigenvalue weighted by Crippen LogP contribution is -2.26. The number of thiophene rings is 1. The SMILES string of the molecule is CON(C)C(=O)c1c(-c2csc(C)c2)sc2cncn12. The Morgan fingerprint density at radius 3 is 2.95 bits per heavy atom. The Bertz CT molecular complexity index is 772. The zero-order valence-corrected chi connectivity index (χ0v) is 12.9. The number of hydroxylamine groups is 2. The van der Waals surface area contributed by atoms with E-state index in [1.54, 1.807) is 42.2 Å². The fourth-order valence-electron chi connectivity index (χ4n) is 1.98. The molecule has 3 rings (SSSR count). The molecule has 0 aliphatic heterocycles. The molecule has 0 saturated carbocycles. The molecule has 0 bridgehead atoms. The van der Waals surface area contributed by atoms with Crippen LogP contribution in [0.15, 0.2) is 24.0 Å². The standard InChI is InChI=1S/C13H13N3O2S2/c1-8-4-9(6-19-8)12-11(13(17)15(2)18-3)16-7-14-5-10(16)20-12/h4-7H,1-3H3. The van der Waals surface area contributed by atoms with Gasteiger partial charge in [-0.1, -0.05) is 0 Å². The van der Waals surface area contributed by atoms with Crippen molar-refractivity contribution in [3.8, 4) is 10.4 Å². The Kier molecular flexibility index (Phi) is 3.33. The Morgan fingerprint density at radius 2 is 2.30 bits per heavy atom. The van der Waals surface area contributed by atoms with Gasteiger partial charge in [0.05, 0.1) is 18.2 Å². The normalized spacial score (nSPS) is 11.2. The molecule has 3 aromatic heterocycles. The summed E-state index contributed by atoms with van der Waals surface area (Å²) in [7, 11) is 3.08. The number of hydrogen-bond acceptors (Lipinski definition) is 5. The van der Waals surface area contributed by atoms with Gasteiger partial charge in [0, 0.05) is 17.5 Å². The number of rotatable bonds is 3. The van der Waals surface area contributed by atoms with Crippen LogP contribution in [0.25, 0.3) is 15.3 Å². The Balaban J connectivity index is 2.21. The molecule has 7 heteroatoms. The largest absolute Gasteiger partial charge is 0.295 e. The van der Waals surface area contributed by atoms with Gasteiger partial charge in [-0.05, 0) is 18.4 Å². The Hall–Kier alpha value is -1.70. The lowest BCUT2D eigenvalue weighted by Gasteiger charge is -2.13. The number of amides is 1. The maximum absolute atomic E-state index is 12.5. The molecule has 20 heavy (non-hydrogen) atoms. The summed E-state index contributed by atoms with van der Waals surface area (Å²) in [5.74, 6) is -0.185. The zero-order chi connectivity index (χ0) is 14.3. The predicted molar refractivity (Wildman–Crippen MR) is 80.2 cm³/mol. The second kappa shape index (κ2) is 5.01. The van der Waals surface area contributed by atoms with E-state index in [2.05, 4.69) is 23.4 Å². The highest BCUT2D eigenvalue weighted by Crippen LogP contribution is 2.36. The van der Waals surface area contributed by atoms with Crippen molar-refractivity contribution in [3.05, 3.63) is 34.5 Å². The summed E-state index contributed by atoms with van der Waals surface area (Å²) >= 11 is 3.23. The van der Waals surface area contributed by atoms with Crippen LogP contribution in [0.5, 0.6) is 0 Å². The van der Waals surface area contributed by atoms with E-state index in [0.29, 0.717) is 5.69 Å². The second-order valence-electron chi connectivity index (χ2n) is 4.31. The number of imidazole rings is 1. The molecule has 0 N–H and O–H groups in total. The van der Waals surface area contributed by atoms with Crippen molar-refractivity contribution in [2.45, 2.75) is 6.92 Å². The van der Waals surface area contributed by atoms with E-state index in [1.165, 1.54) is 17.1 Å². The van der Waals surface area contributed by atoms with Crippen LogP contribution in [0.1, 0.15) is 15.4 Å². The van der Waals surface area contributed by atoms with E-state index >= 15 is 0 Å². The van der Waals surface area contributed by atoms with Crippen LogP contribution in [0.3, 0.4) is 0 Å². The van der Waals surface area contributed by atoms with Crippen LogP contribution in [-0.4, -0.2) is 34.5 Å². The van der Waals surface area contributed by atoms with E-state index in [4.69, 9.17) is 4.84 Å². The van der Waals surface area contributed by atoms with E-state index in [0.717, 1.165) is 15.3 Å². The second-order valence-corrected chi connectivity index (χ2v) is 6.46. The Labute approximate surface area is 124 Å². The molecule has 0 atom stereocenters. The number of aromatic nitrogens is 2. The number of fused-ring (bicyclic) bond motifs is 1. The fourth-order valence-corrected chi connectivity index (χ4v) is 3.82. The van der Waals surface area contributed by atoms with Gasteiger partial charge in [0.25, 0.3) is 5.91 Å². The Morgan fingerprint density at radius 1 is 1.50 bits per heavy atom. The van der Waals surface area contributed by atoms with Gasteiger partial charge in [-0.15, -0.1) is 22.7 Å². The summed E-state index contributed by atoms with van der Waals surface area (Å²) in [6.45, 7) is 2.05. The van der Waals surface area contributed by atoms with Crippen LogP contribution in [0, 0.1) is 6.92 Å². The van der Waals surface area contributed by atoms with Gasteiger partial charge in [0.15, 0.2) is 0 Å². The summed E-state index contributed by atoms with van der Waals surface area (Å²) in [5, 5.41) is 3.29. The molecule has 3 heterocycles. The minimum atomic E-state index is -0.185. The van der Waals surface area contributed by atoms with Gasteiger partial charge in [-0.25, -0.2) is 10.0 Å². The summed E-state index contributed by atoms with van der Waals surface area (Å²) in [6, 6.07) is 2.09. The summed E-state index contributed by atoms with van der Waals surface area (Å²) in [4.78, 5) is 24.7. The van der Waals surface area contributed by atoms with Gasteiger partial charge >= 0.3 is 0 Å². The van der Waals surface area contributed by atoms with Crippen molar-refractivity contribution in [2.75, 3.05) is 14.2 Å². The van der Waals surface area contributed by atoms with Gasteiger partial charge in [0.2, 0.25) is 0 Å². The zero-order valence-electron chi connectivity index (χ0n) is 11.3. The fraction of sp³-hybridized carbons (Fsp3) is 0.231. The average molecular weight is 307 g/mol. The van der Waals surface area contributed by atoms with Crippen LogP contribution >= 0.6 is 22.7 Å². The molecular formula is C13H13N3O2S2. The number of carbonyl (C=O) groups excluding carboxylic acids is 1. The van der Waals surface area contributed by atoms with E-state index in [9.17, 15) is 4.79 Å². The molecule has 0 saturated heterocycles. The van der Waals surface area contributed by atoms with E-state index in [1.807, 2.05) is 4.40 Å². The molecule has 0 aliphatic rings. The lowest BCUT2D eigenvalue weighted by atomic mass is 10.2. The molecule has 0 aliphatic carbocycles. The quantitative estimate of drug-likeness (QED) is 0.699. The minimum absolute atomic E-state index is 0.185. The van der Waals surface area contributed by atoms with Crippen molar-refractivity contribution in [1.29, 1.82) is 0 Å². The topological polar surface area (TPSA) is 46.8 Å². The van der Waals surface area contributed by atoms with Crippen molar-refractivity contribution >= 4 is 33.4 Å².